The van der Waals surface area contributed by atoms with Gasteiger partial charge in [0.05, 0.1) is 6.54 Å². The monoisotopic (exact) mass is 312 g/mol. The van der Waals surface area contributed by atoms with E-state index in [1.165, 1.54) is 16.7 Å². The summed E-state index contributed by atoms with van der Waals surface area (Å²) in [5.74, 6) is 0.529. The van der Waals surface area contributed by atoms with Gasteiger partial charge in [0.15, 0.2) is 0 Å². The second-order valence-corrected chi connectivity index (χ2v) is 5.51. The summed E-state index contributed by atoms with van der Waals surface area (Å²) < 4.78 is 0. The van der Waals surface area contributed by atoms with E-state index in [9.17, 15) is 0 Å². The van der Waals surface area contributed by atoms with Crippen molar-refractivity contribution in [2.45, 2.75) is 6.54 Å². The SMILES string of the molecule is NC(C=Cc1ccccc1)=NCc1ccccc1-c1ccccc1. The third kappa shape index (κ3) is 4.20. The van der Waals surface area contributed by atoms with Crippen molar-refractivity contribution in [2.24, 2.45) is 10.7 Å². The zero-order valence-corrected chi connectivity index (χ0v) is 13.5. The predicted molar refractivity (Wildman–Crippen MR) is 103 cm³/mol. The highest BCUT2D eigenvalue weighted by Gasteiger charge is 2.03. The Morgan fingerprint density at radius 2 is 1.42 bits per heavy atom. The van der Waals surface area contributed by atoms with Crippen molar-refractivity contribution in [3.8, 4) is 11.1 Å². The van der Waals surface area contributed by atoms with Crippen LogP contribution in [0.4, 0.5) is 0 Å². The van der Waals surface area contributed by atoms with Crippen LogP contribution in [0.1, 0.15) is 11.1 Å². The molecule has 0 aliphatic rings. The highest BCUT2D eigenvalue weighted by Crippen LogP contribution is 2.23. The molecule has 0 aliphatic heterocycles. The molecule has 0 bridgehead atoms. The van der Waals surface area contributed by atoms with Crippen molar-refractivity contribution < 1.29 is 0 Å². The minimum Gasteiger partial charge on any atom is -0.384 e. The maximum absolute atomic E-state index is 6.02. The minimum atomic E-state index is 0.529. The van der Waals surface area contributed by atoms with Gasteiger partial charge in [-0.3, -0.25) is 4.99 Å². The third-order valence-electron chi connectivity index (χ3n) is 3.78. The van der Waals surface area contributed by atoms with Gasteiger partial charge in [-0.1, -0.05) is 91.0 Å². The molecule has 0 aromatic heterocycles. The van der Waals surface area contributed by atoms with Crippen LogP contribution >= 0.6 is 0 Å². The average Bonchev–Trinajstić information content (AvgIpc) is 2.66. The van der Waals surface area contributed by atoms with E-state index in [2.05, 4.69) is 29.3 Å². The number of nitrogens with two attached hydrogens (primary N) is 1. The van der Waals surface area contributed by atoms with Crippen LogP contribution < -0.4 is 5.73 Å². The van der Waals surface area contributed by atoms with Crippen LogP contribution in [0.5, 0.6) is 0 Å². The Bertz CT molecular complexity index is 834. The van der Waals surface area contributed by atoms with Gasteiger partial charge < -0.3 is 5.73 Å². The number of hydrogen-bond donors (Lipinski definition) is 1. The number of amidine groups is 1. The summed E-state index contributed by atoms with van der Waals surface area (Å²) in [7, 11) is 0. The molecular formula is C22H20N2. The van der Waals surface area contributed by atoms with Gasteiger partial charge in [-0.05, 0) is 28.3 Å². The second-order valence-electron chi connectivity index (χ2n) is 5.51. The van der Waals surface area contributed by atoms with E-state index < -0.39 is 0 Å². The maximum atomic E-state index is 6.02. The Morgan fingerprint density at radius 3 is 2.17 bits per heavy atom. The fourth-order valence-electron chi connectivity index (χ4n) is 2.53. The Hall–Kier alpha value is -3.13. The van der Waals surface area contributed by atoms with Crippen LogP contribution in [0, 0.1) is 0 Å². The summed E-state index contributed by atoms with van der Waals surface area (Å²) in [6, 6.07) is 28.7. The van der Waals surface area contributed by atoms with Gasteiger partial charge >= 0.3 is 0 Å². The van der Waals surface area contributed by atoms with Crippen LogP contribution in [-0.2, 0) is 6.54 Å². The van der Waals surface area contributed by atoms with Crippen LogP contribution in [0.15, 0.2) is 96.0 Å². The minimum absolute atomic E-state index is 0.529. The zero-order valence-electron chi connectivity index (χ0n) is 13.5. The van der Waals surface area contributed by atoms with E-state index in [1.54, 1.807) is 0 Å². The van der Waals surface area contributed by atoms with Crippen LogP contribution in [0.2, 0.25) is 0 Å². The lowest BCUT2D eigenvalue weighted by Crippen LogP contribution is -2.08. The van der Waals surface area contributed by atoms with Crippen LogP contribution in [0.25, 0.3) is 17.2 Å². The van der Waals surface area contributed by atoms with E-state index in [1.807, 2.05) is 72.8 Å². The van der Waals surface area contributed by atoms with Crippen LogP contribution in [-0.4, -0.2) is 5.84 Å². The Labute approximate surface area is 143 Å². The molecule has 2 heteroatoms. The van der Waals surface area contributed by atoms with Crippen molar-refractivity contribution in [1.29, 1.82) is 0 Å². The molecule has 0 heterocycles. The number of aliphatic imine (C=N–C) groups is 1. The summed E-state index contributed by atoms with van der Waals surface area (Å²) >= 11 is 0. The van der Waals surface area contributed by atoms with E-state index in [4.69, 9.17) is 5.73 Å². The molecule has 0 aliphatic carbocycles. The fourth-order valence-corrected chi connectivity index (χ4v) is 2.53. The molecule has 3 rings (SSSR count). The highest BCUT2D eigenvalue weighted by atomic mass is 14.8. The molecule has 2 nitrogen and oxygen atoms in total. The molecule has 118 valence electrons. The number of benzene rings is 3. The lowest BCUT2D eigenvalue weighted by Gasteiger charge is -2.07. The van der Waals surface area contributed by atoms with Gasteiger partial charge in [0, 0.05) is 0 Å². The number of hydrogen-bond acceptors (Lipinski definition) is 1. The molecule has 3 aromatic rings. The molecule has 0 atom stereocenters. The van der Waals surface area contributed by atoms with Gasteiger partial charge in [0.2, 0.25) is 0 Å². The molecule has 2 N–H and O–H groups in total. The summed E-state index contributed by atoms with van der Waals surface area (Å²) in [5.41, 5.74) is 10.7. The summed E-state index contributed by atoms with van der Waals surface area (Å²) in [6.45, 7) is 0.566. The van der Waals surface area contributed by atoms with E-state index in [-0.39, 0.29) is 0 Å². The first-order valence-electron chi connectivity index (χ1n) is 7.99. The molecular weight excluding hydrogens is 292 g/mol. The highest BCUT2D eigenvalue weighted by molar-refractivity contribution is 5.95. The second kappa shape index (κ2) is 7.93. The lowest BCUT2D eigenvalue weighted by molar-refractivity contribution is 1.07. The molecule has 24 heavy (non-hydrogen) atoms. The molecule has 0 radical (unpaired) electrons. The summed E-state index contributed by atoms with van der Waals surface area (Å²) in [5, 5.41) is 0. The van der Waals surface area contributed by atoms with Crippen molar-refractivity contribution in [2.75, 3.05) is 0 Å². The zero-order chi connectivity index (χ0) is 16.6. The molecule has 0 fully saturated rings. The molecule has 0 saturated carbocycles. The topological polar surface area (TPSA) is 38.4 Å². The predicted octanol–water partition coefficient (Wildman–Crippen LogP) is 4.92. The third-order valence-corrected chi connectivity index (χ3v) is 3.78. The first kappa shape index (κ1) is 15.8. The molecule has 0 spiro atoms. The van der Waals surface area contributed by atoms with Gasteiger partial charge in [0.1, 0.15) is 5.84 Å². The Morgan fingerprint density at radius 1 is 0.792 bits per heavy atom. The van der Waals surface area contributed by atoms with Gasteiger partial charge in [-0.2, -0.15) is 0 Å². The van der Waals surface area contributed by atoms with Crippen molar-refractivity contribution in [3.63, 3.8) is 0 Å². The van der Waals surface area contributed by atoms with Gasteiger partial charge in [-0.25, -0.2) is 0 Å². The fraction of sp³-hybridized carbons (Fsp3) is 0.0455. The molecule has 0 unspecified atom stereocenters. The summed E-state index contributed by atoms with van der Waals surface area (Å²) in [6.07, 6.45) is 3.82. The largest absolute Gasteiger partial charge is 0.384 e. The lowest BCUT2D eigenvalue weighted by atomic mass is 10.00. The molecule has 0 saturated heterocycles. The number of rotatable bonds is 5. The van der Waals surface area contributed by atoms with E-state index in [0.717, 1.165) is 5.56 Å². The molecule has 0 amide bonds. The average molecular weight is 312 g/mol. The summed E-state index contributed by atoms with van der Waals surface area (Å²) in [4.78, 5) is 4.50. The standard InChI is InChI=1S/C22H20N2/c23-22(16-15-18-9-3-1-4-10-18)24-17-20-13-7-8-14-21(20)19-11-5-2-6-12-19/h1-16H,17H2,(H2,23,24). The van der Waals surface area contributed by atoms with Gasteiger partial charge in [-0.15, -0.1) is 0 Å². The van der Waals surface area contributed by atoms with E-state index >= 15 is 0 Å². The quantitative estimate of drug-likeness (QED) is 0.527. The van der Waals surface area contributed by atoms with Crippen molar-refractivity contribution in [1.82, 2.24) is 0 Å². The first-order chi connectivity index (χ1) is 11.8. The Balaban J connectivity index is 1.76. The Kier molecular flexibility index (Phi) is 5.21. The van der Waals surface area contributed by atoms with Crippen LogP contribution in [0.3, 0.4) is 0 Å². The smallest absolute Gasteiger partial charge is 0.118 e. The normalized spacial score (nSPS) is 11.8. The van der Waals surface area contributed by atoms with Crippen molar-refractivity contribution in [3.05, 3.63) is 102 Å². The molecule has 3 aromatic carbocycles. The van der Waals surface area contributed by atoms with Gasteiger partial charge in [0.25, 0.3) is 0 Å². The number of nitrogens with zero attached hydrogens (tertiary/aromatic N) is 1. The van der Waals surface area contributed by atoms with E-state index in [0.29, 0.717) is 12.4 Å². The first-order valence-corrected chi connectivity index (χ1v) is 7.99. The van der Waals surface area contributed by atoms with Crippen molar-refractivity contribution >= 4 is 11.9 Å². The maximum Gasteiger partial charge on any atom is 0.118 e.